The SMILES string of the molecule is CCOc1ccc(CC(=O)Nc2cccc3c2C(=O)NC3=O)cc1. The highest BCUT2D eigenvalue weighted by Crippen LogP contribution is 2.24. The molecule has 0 aromatic heterocycles. The molecule has 122 valence electrons. The number of carbonyl (C=O) groups is 3. The van der Waals surface area contributed by atoms with E-state index in [-0.39, 0.29) is 23.5 Å². The number of carbonyl (C=O) groups excluding carboxylic acids is 3. The number of nitrogens with one attached hydrogen (secondary N) is 2. The molecule has 3 rings (SSSR count). The summed E-state index contributed by atoms with van der Waals surface area (Å²) in [5, 5.41) is 4.92. The number of amides is 3. The molecule has 1 aliphatic heterocycles. The van der Waals surface area contributed by atoms with Gasteiger partial charge in [-0.05, 0) is 36.8 Å². The minimum atomic E-state index is -0.494. The lowest BCUT2D eigenvalue weighted by Crippen LogP contribution is -2.21. The van der Waals surface area contributed by atoms with Gasteiger partial charge in [0, 0.05) is 0 Å². The Morgan fingerprint density at radius 2 is 1.83 bits per heavy atom. The summed E-state index contributed by atoms with van der Waals surface area (Å²) in [6.07, 6.45) is 0.158. The van der Waals surface area contributed by atoms with Gasteiger partial charge in [-0.15, -0.1) is 0 Å². The second-order valence-electron chi connectivity index (χ2n) is 5.31. The van der Waals surface area contributed by atoms with Crippen molar-refractivity contribution in [2.45, 2.75) is 13.3 Å². The van der Waals surface area contributed by atoms with E-state index in [1.54, 1.807) is 30.3 Å². The Balaban J connectivity index is 1.72. The van der Waals surface area contributed by atoms with Crippen LogP contribution < -0.4 is 15.4 Å². The van der Waals surface area contributed by atoms with Crippen LogP contribution in [0, 0.1) is 0 Å². The van der Waals surface area contributed by atoms with Crippen LogP contribution in [-0.4, -0.2) is 24.3 Å². The molecule has 2 aromatic rings. The van der Waals surface area contributed by atoms with Crippen molar-refractivity contribution in [3.8, 4) is 5.75 Å². The predicted molar refractivity (Wildman–Crippen MR) is 88.2 cm³/mol. The zero-order valence-electron chi connectivity index (χ0n) is 13.1. The average Bonchev–Trinajstić information content (AvgIpc) is 2.85. The van der Waals surface area contributed by atoms with Gasteiger partial charge in [-0.25, -0.2) is 0 Å². The largest absolute Gasteiger partial charge is 0.494 e. The van der Waals surface area contributed by atoms with Gasteiger partial charge in [-0.1, -0.05) is 18.2 Å². The second kappa shape index (κ2) is 6.54. The Morgan fingerprint density at radius 1 is 1.08 bits per heavy atom. The molecule has 0 bridgehead atoms. The smallest absolute Gasteiger partial charge is 0.261 e. The minimum Gasteiger partial charge on any atom is -0.494 e. The van der Waals surface area contributed by atoms with Crippen molar-refractivity contribution < 1.29 is 19.1 Å². The summed E-state index contributed by atoms with van der Waals surface area (Å²) in [5.41, 5.74) is 1.65. The molecule has 24 heavy (non-hydrogen) atoms. The molecule has 3 amide bonds. The minimum absolute atomic E-state index is 0.158. The Hall–Kier alpha value is -3.15. The predicted octanol–water partition coefficient (Wildman–Crippen LogP) is 2.15. The first kappa shape index (κ1) is 15.7. The molecule has 0 saturated carbocycles. The normalized spacial score (nSPS) is 12.5. The highest BCUT2D eigenvalue weighted by molar-refractivity contribution is 6.24. The quantitative estimate of drug-likeness (QED) is 0.825. The Kier molecular flexibility index (Phi) is 4.29. The molecule has 2 aromatic carbocycles. The summed E-state index contributed by atoms with van der Waals surface area (Å²) in [7, 11) is 0. The molecule has 6 heteroatoms. The molecule has 0 unspecified atom stereocenters. The van der Waals surface area contributed by atoms with Crippen LogP contribution in [-0.2, 0) is 11.2 Å². The maximum absolute atomic E-state index is 12.2. The van der Waals surface area contributed by atoms with Crippen LogP contribution in [0.1, 0.15) is 33.2 Å². The summed E-state index contributed by atoms with van der Waals surface area (Å²) in [4.78, 5) is 35.7. The highest BCUT2D eigenvalue weighted by atomic mass is 16.5. The molecule has 6 nitrogen and oxygen atoms in total. The second-order valence-corrected chi connectivity index (χ2v) is 5.31. The summed E-state index contributed by atoms with van der Waals surface area (Å²) in [6.45, 7) is 2.49. The van der Waals surface area contributed by atoms with Crippen molar-refractivity contribution in [2.75, 3.05) is 11.9 Å². The van der Waals surface area contributed by atoms with Crippen LogP contribution >= 0.6 is 0 Å². The number of rotatable bonds is 5. The van der Waals surface area contributed by atoms with Gasteiger partial charge in [0.1, 0.15) is 5.75 Å². The molecular weight excluding hydrogens is 308 g/mol. The maximum Gasteiger partial charge on any atom is 0.261 e. The third kappa shape index (κ3) is 3.12. The van der Waals surface area contributed by atoms with Gasteiger partial charge in [-0.2, -0.15) is 0 Å². The van der Waals surface area contributed by atoms with Crippen LogP contribution in [0.4, 0.5) is 5.69 Å². The number of hydrogen-bond donors (Lipinski definition) is 2. The molecule has 0 radical (unpaired) electrons. The molecule has 0 fully saturated rings. The molecule has 2 N–H and O–H groups in total. The Labute approximate surface area is 138 Å². The number of imide groups is 1. The van der Waals surface area contributed by atoms with Crippen molar-refractivity contribution in [1.82, 2.24) is 5.32 Å². The molecular formula is C18H16N2O4. The third-order valence-corrected chi connectivity index (χ3v) is 3.64. The van der Waals surface area contributed by atoms with E-state index in [0.29, 0.717) is 12.3 Å². The fraction of sp³-hybridized carbons (Fsp3) is 0.167. The fourth-order valence-corrected chi connectivity index (χ4v) is 2.57. The van der Waals surface area contributed by atoms with Crippen LogP contribution in [0.3, 0.4) is 0 Å². The van der Waals surface area contributed by atoms with Crippen molar-refractivity contribution in [1.29, 1.82) is 0 Å². The van der Waals surface area contributed by atoms with E-state index in [4.69, 9.17) is 4.74 Å². The molecule has 0 spiro atoms. The van der Waals surface area contributed by atoms with Crippen molar-refractivity contribution in [3.63, 3.8) is 0 Å². The summed E-state index contributed by atoms with van der Waals surface area (Å²) < 4.78 is 5.36. The van der Waals surface area contributed by atoms with E-state index < -0.39 is 11.8 Å². The third-order valence-electron chi connectivity index (χ3n) is 3.64. The summed E-state index contributed by atoms with van der Waals surface area (Å²) in [6, 6.07) is 12.0. The number of ether oxygens (including phenoxy) is 1. The van der Waals surface area contributed by atoms with E-state index in [1.165, 1.54) is 0 Å². The molecule has 0 aliphatic carbocycles. The summed E-state index contributed by atoms with van der Waals surface area (Å²) in [5.74, 6) is -0.456. The van der Waals surface area contributed by atoms with Gasteiger partial charge in [0.2, 0.25) is 5.91 Å². The lowest BCUT2D eigenvalue weighted by Gasteiger charge is -2.09. The standard InChI is InChI=1S/C18H16N2O4/c1-2-24-12-8-6-11(7-9-12)10-15(21)19-14-5-3-4-13-16(14)18(23)20-17(13)22/h3-9H,2,10H2,1H3,(H,19,21)(H,20,22,23). The van der Waals surface area contributed by atoms with Crippen LogP contribution in [0.2, 0.25) is 0 Å². The van der Waals surface area contributed by atoms with E-state index in [2.05, 4.69) is 10.6 Å². The van der Waals surface area contributed by atoms with E-state index in [9.17, 15) is 14.4 Å². The fourth-order valence-electron chi connectivity index (χ4n) is 2.57. The summed E-state index contributed by atoms with van der Waals surface area (Å²) >= 11 is 0. The van der Waals surface area contributed by atoms with Crippen LogP contribution in [0.25, 0.3) is 0 Å². The average molecular weight is 324 g/mol. The lowest BCUT2D eigenvalue weighted by atomic mass is 10.1. The van der Waals surface area contributed by atoms with Gasteiger partial charge in [0.25, 0.3) is 11.8 Å². The number of hydrogen-bond acceptors (Lipinski definition) is 4. The first-order chi connectivity index (χ1) is 11.6. The van der Waals surface area contributed by atoms with Gasteiger partial charge >= 0.3 is 0 Å². The highest BCUT2D eigenvalue weighted by Gasteiger charge is 2.29. The van der Waals surface area contributed by atoms with E-state index in [0.717, 1.165) is 11.3 Å². The van der Waals surface area contributed by atoms with Crippen molar-refractivity contribution >= 4 is 23.4 Å². The van der Waals surface area contributed by atoms with Crippen LogP contribution in [0.5, 0.6) is 5.75 Å². The monoisotopic (exact) mass is 324 g/mol. The molecule has 1 aliphatic rings. The Bertz CT molecular complexity index is 812. The molecule has 0 atom stereocenters. The van der Waals surface area contributed by atoms with E-state index in [1.807, 2.05) is 19.1 Å². The Morgan fingerprint density at radius 3 is 2.54 bits per heavy atom. The topological polar surface area (TPSA) is 84.5 Å². The van der Waals surface area contributed by atoms with Crippen LogP contribution in [0.15, 0.2) is 42.5 Å². The molecule has 1 heterocycles. The van der Waals surface area contributed by atoms with Crippen molar-refractivity contribution in [2.24, 2.45) is 0 Å². The zero-order chi connectivity index (χ0) is 17.1. The van der Waals surface area contributed by atoms with Gasteiger partial charge in [-0.3, -0.25) is 19.7 Å². The first-order valence-electron chi connectivity index (χ1n) is 7.58. The number of anilines is 1. The van der Waals surface area contributed by atoms with Gasteiger partial charge in [0.15, 0.2) is 0 Å². The molecule has 0 saturated heterocycles. The van der Waals surface area contributed by atoms with Gasteiger partial charge in [0.05, 0.1) is 29.8 Å². The number of benzene rings is 2. The first-order valence-corrected chi connectivity index (χ1v) is 7.58. The lowest BCUT2D eigenvalue weighted by molar-refractivity contribution is -0.115. The van der Waals surface area contributed by atoms with Crippen molar-refractivity contribution in [3.05, 3.63) is 59.2 Å². The van der Waals surface area contributed by atoms with Gasteiger partial charge < -0.3 is 10.1 Å². The number of fused-ring (bicyclic) bond motifs is 1. The van der Waals surface area contributed by atoms with E-state index >= 15 is 0 Å². The maximum atomic E-state index is 12.2. The zero-order valence-corrected chi connectivity index (χ0v) is 13.1.